The van der Waals surface area contributed by atoms with E-state index in [1.54, 1.807) is 27.7 Å². The molecule has 11 heavy (non-hydrogen) atoms. The molecule has 66 valence electrons. The van der Waals surface area contributed by atoms with Gasteiger partial charge in [0.05, 0.1) is 5.71 Å². The molecular weight excluding hydrogens is 148 g/mol. The summed E-state index contributed by atoms with van der Waals surface area (Å²) in [4.78, 5) is 3.84. The smallest absolute Gasteiger partial charge is 0.276 e. The zero-order valence-electron chi connectivity index (χ0n) is 7.44. The summed E-state index contributed by atoms with van der Waals surface area (Å²) in [5, 5.41) is 0. The molecule has 0 N–H and O–H groups in total. The normalized spacial score (nSPS) is 13.7. The van der Waals surface area contributed by atoms with Crippen LogP contribution in [0, 0.1) is 5.92 Å². The lowest BCUT2D eigenvalue weighted by atomic mass is 10.1. The topological polar surface area (TPSA) is 12.4 Å². The van der Waals surface area contributed by atoms with Crippen molar-refractivity contribution < 1.29 is 8.78 Å². The van der Waals surface area contributed by atoms with E-state index in [2.05, 4.69) is 4.99 Å². The van der Waals surface area contributed by atoms with Gasteiger partial charge in [-0.15, -0.1) is 0 Å². The first-order valence-electron chi connectivity index (χ1n) is 3.80. The Bertz CT molecular complexity index is 129. The van der Waals surface area contributed by atoms with E-state index in [0.717, 1.165) is 0 Å². The summed E-state index contributed by atoms with van der Waals surface area (Å²) in [7, 11) is 0. The van der Waals surface area contributed by atoms with Gasteiger partial charge in [-0.3, -0.25) is 4.99 Å². The standard InChI is InChI=1S/C8H15F2N/c1-5(2)7(8(9)10)11-6(3)4/h5-6,8H,1-4H3. The van der Waals surface area contributed by atoms with Gasteiger partial charge in [0.15, 0.2) is 0 Å². The Morgan fingerprint density at radius 2 is 1.55 bits per heavy atom. The lowest BCUT2D eigenvalue weighted by Crippen LogP contribution is -2.19. The van der Waals surface area contributed by atoms with E-state index < -0.39 is 6.43 Å². The second-order valence-corrected chi connectivity index (χ2v) is 3.10. The van der Waals surface area contributed by atoms with Gasteiger partial charge in [-0.05, 0) is 19.8 Å². The highest BCUT2D eigenvalue weighted by molar-refractivity contribution is 5.89. The van der Waals surface area contributed by atoms with Crippen LogP contribution < -0.4 is 0 Å². The van der Waals surface area contributed by atoms with E-state index >= 15 is 0 Å². The number of halogens is 2. The van der Waals surface area contributed by atoms with Crippen LogP contribution in [0.4, 0.5) is 8.78 Å². The van der Waals surface area contributed by atoms with E-state index in [0.29, 0.717) is 0 Å². The summed E-state index contributed by atoms with van der Waals surface area (Å²) in [6.45, 7) is 7.05. The van der Waals surface area contributed by atoms with Crippen molar-refractivity contribution in [3.8, 4) is 0 Å². The molecule has 0 aromatic carbocycles. The summed E-state index contributed by atoms with van der Waals surface area (Å²) in [6, 6.07) is -0.0404. The van der Waals surface area contributed by atoms with Gasteiger partial charge < -0.3 is 0 Å². The predicted octanol–water partition coefficient (Wildman–Crippen LogP) is 2.76. The van der Waals surface area contributed by atoms with E-state index in [-0.39, 0.29) is 17.7 Å². The van der Waals surface area contributed by atoms with Crippen LogP contribution in [0.5, 0.6) is 0 Å². The zero-order chi connectivity index (χ0) is 9.02. The third kappa shape index (κ3) is 4.06. The van der Waals surface area contributed by atoms with Gasteiger partial charge in [-0.25, -0.2) is 8.78 Å². The molecule has 0 heterocycles. The van der Waals surface area contributed by atoms with Gasteiger partial charge in [-0.2, -0.15) is 0 Å². The Kier molecular flexibility index (Phi) is 4.23. The second kappa shape index (κ2) is 4.42. The van der Waals surface area contributed by atoms with Crippen molar-refractivity contribution in [1.82, 2.24) is 0 Å². The molecule has 0 saturated heterocycles. The fourth-order valence-corrected chi connectivity index (χ4v) is 0.756. The SMILES string of the molecule is CC(C)N=C(C(C)C)C(F)F. The lowest BCUT2D eigenvalue weighted by molar-refractivity contribution is 0.218. The summed E-state index contributed by atoms with van der Waals surface area (Å²) >= 11 is 0. The van der Waals surface area contributed by atoms with Crippen LogP contribution in [0.1, 0.15) is 27.7 Å². The first kappa shape index (κ1) is 10.5. The number of nitrogens with zero attached hydrogens (tertiary/aromatic N) is 1. The molecular formula is C8H15F2N. The minimum Gasteiger partial charge on any atom is -0.285 e. The fraction of sp³-hybridized carbons (Fsp3) is 0.875. The molecule has 1 nitrogen and oxygen atoms in total. The molecule has 0 amide bonds. The van der Waals surface area contributed by atoms with Crippen molar-refractivity contribution in [2.24, 2.45) is 10.9 Å². The molecule has 0 aromatic heterocycles. The van der Waals surface area contributed by atoms with Crippen LogP contribution in [0.15, 0.2) is 4.99 Å². The third-order valence-electron chi connectivity index (χ3n) is 1.22. The maximum atomic E-state index is 12.2. The van der Waals surface area contributed by atoms with Crippen molar-refractivity contribution in [3.63, 3.8) is 0 Å². The average Bonchev–Trinajstić information content (AvgIpc) is 1.81. The van der Waals surface area contributed by atoms with Gasteiger partial charge in [0.25, 0.3) is 6.43 Å². The highest BCUT2D eigenvalue weighted by Crippen LogP contribution is 2.08. The zero-order valence-corrected chi connectivity index (χ0v) is 7.44. The Morgan fingerprint density at radius 3 is 1.64 bits per heavy atom. The van der Waals surface area contributed by atoms with Gasteiger partial charge in [0.2, 0.25) is 0 Å². The molecule has 0 atom stereocenters. The maximum Gasteiger partial charge on any atom is 0.276 e. The number of rotatable bonds is 3. The van der Waals surface area contributed by atoms with Crippen LogP contribution in [0.25, 0.3) is 0 Å². The van der Waals surface area contributed by atoms with Gasteiger partial charge >= 0.3 is 0 Å². The summed E-state index contributed by atoms with van der Waals surface area (Å²) in [6.07, 6.45) is -2.41. The first-order valence-corrected chi connectivity index (χ1v) is 3.80. The predicted molar refractivity (Wildman–Crippen MR) is 43.4 cm³/mol. The Morgan fingerprint density at radius 1 is 1.09 bits per heavy atom. The number of hydrogen-bond acceptors (Lipinski definition) is 1. The van der Waals surface area contributed by atoms with Crippen LogP contribution in [-0.2, 0) is 0 Å². The molecule has 0 aliphatic rings. The molecule has 0 rings (SSSR count). The molecule has 0 fully saturated rings. The van der Waals surface area contributed by atoms with Crippen molar-refractivity contribution in [1.29, 1.82) is 0 Å². The second-order valence-electron chi connectivity index (χ2n) is 3.10. The van der Waals surface area contributed by atoms with E-state index in [9.17, 15) is 8.78 Å². The molecule has 0 saturated carbocycles. The highest BCUT2D eigenvalue weighted by atomic mass is 19.3. The minimum absolute atomic E-state index is 0.0139. The summed E-state index contributed by atoms with van der Waals surface area (Å²) in [5.74, 6) is -0.155. The molecule has 3 heteroatoms. The number of hydrogen-bond donors (Lipinski definition) is 0. The van der Waals surface area contributed by atoms with Crippen molar-refractivity contribution in [2.75, 3.05) is 0 Å². The third-order valence-corrected chi connectivity index (χ3v) is 1.22. The Balaban J connectivity index is 4.33. The van der Waals surface area contributed by atoms with Crippen LogP contribution in [0.2, 0.25) is 0 Å². The van der Waals surface area contributed by atoms with Crippen molar-refractivity contribution >= 4 is 5.71 Å². The van der Waals surface area contributed by atoms with Gasteiger partial charge in [-0.1, -0.05) is 13.8 Å². The molecule has 0 spiro atoms. The van der Waals surface area contributed by atoms with Crippen LogP contribution in [-0.4, -0.2) is 18.2 Å². The molecule has 0 radical (unpaired) electrons. The van der Waals surface area contributed by atoms with Crippen LogP contribution in [0.3, 0.4) is 0 Å². The highest BCUT2D eigenvalue weighted by Gasteiger charge is 2.16. The minimum atomic E-state index is -2.41. The van der Waals surface area contributed by atoms with Crippen molar-refractivity contribution in [3.05, 3.63) is 0 Å². The summed E-state index contributed by atoms with van der Waals surface area (Å²) in [5.41, 5.74) is 0.0139. The van der Waals surface area contributed by atoms with E-state index in [4.69, 9.17) is 0 Å². The lowest BCUT2D eigenvalue weighted by Gasteiger charge is -2.10. The molecule has 0 aliphatic heterocycles. The van der Waals surface area contributed by atoms with E-state index in [1.165, 1.54) is 0 Å². The molecule has 0 aromatic rings. The van der Waals surface area contributed by atoms with Crippen molar-refractivity contribution in [2.45, 2.75) is 40.2 Å². The Labute approximate surface area is 66.5 Å². The fourth-order valence-electron chi connectivity index (χ4n) is 0.756. The molecule has 0 bridgehead atoms. The maximum absolute atomic E-state index is 12.2. The molecule has 0 unspecified atom stereocenters. The average molecular weight is 163 g/mol. The molecule has 0 aliphatic carbocycles. The van der Waals surface area contributed by atoms with Gasteiger partial charge in [0, 0.05) is 6.04 Å². The summed E-state index contributed by atoms with van der Waals surface area (Å²) < 4.78 is 24.4. The Hall–Kier alpha value is -0.470. The van der Waals surface area contributed by atoms with Gasteiger partial charge in [0.1, 0.15) is 0 Å². The number of alkyl halides is 2. The quantitative estimate of drug-likeness (QED) is 0.567. The largest absolute Gasteiger partial charge is 0.285 e. The monoisotopic (exact) mass is 163 g/mol. The number of aliphatic imine (C=N–C) groups is 1. The van der Waals surface area contributed by atoms with E-state index in [1.807, 2.05) is 0 Å². The van der Waals surface area contributed by atoms with Crippen LogP contribution >= 0.6 is 0 Å². The first-order chi connectivity index (χ1) is 4.95.